The summed E-state index contributed by atoms with van der Waals surface area (Å²) in [4.78, 5) is 12.1. The highest BCUT2D eigenvalue weighted by Crippen LogP contribution is 2.24. The Morgan fingerprint density at radius 3 is 2.52 bits per heavy atom. The number of anilines is 1. The maximum Gasteiger partial charge on any atom is 0.265 e. The summed E-state index contributed by atoms with van der Waals surface area (Å²) in [6.45, 7) is 5.50. The monoisotopic (exact) mass is 285 g/mol. The van der Waals surface area contributed by atoms with Crippen LogP contribution in [0.25, 0.3) is 0 Å². The zero-order valence-corrected chi connectivity index (χ0v) is 12.4. The second-order valence-electron chi connectivity index (χ2n) is 5.09. The summed E-state index contributed by atoms with van der Waals surface area (Å²) in [5, 5.41) is 12.5. The molecule has 2 N–H and O–H groups in total. The predicted molar refractivity (Wildman–Crippen MR) is 82.7 cm³/mol. The largest absolute Gasteiger partial charge is 0.506 e. The summed E-state index contributed by atoms with van der Waals surface area (Å²) < 4.78 is 5.60. The summed E-state index contributed by atoms with van der Waals surface area (Å²) in [7, 11) is 0. The molecule has 21 heavy (non-hydrogen) atoms. The molecule has 0 saturated heterocycles. The molecule has 2 aromatic rings. The first-order valence-electron chi connectivity index (χ1n) is 6.79. The average molecular weight is 285 g/mol. The minimum absolute atomic E-state index is 0.0473. The first-order valence-corrected chi connectivity index (χ1v) is 6.79. The zero-order valence-electron chi connectivity index (χ0n) is 12.4. The Kier molecular flexibility index (Phi) is 4.48. The smallest absolute Gasteiger partial charge is 0.265 e. The SMILES string of the molecule is Cc1cccc(O[C@H](C)C(=O)Nc2ccc(C)cc2O)c1. The molecule has 0 aliphatic rings. The average Bonchev–Trinajstić information content (AvgIpc) is 2.41. The molecule has 0 heterocycles. The highest BCUT2D eigenvalue weighted by Gasteiger charge is 2.16. The molecule has 1 atom stereocenters. The van der Waals surface area contributed by atoms with E-state index in [4.69, 9.17) is 4.74 Å². The molecule has 0 aliphatic carbocycles. The van der Waals surface area contributed by atoms with E-state index < -0.39 is 6.10 Å². The van der Waals surface area contributed by atoms with Gasteiger partial charge in [-0.05, 0) is 56.2 Å². The van der Waals surface area contributed by atoms with Crippen LogP contribution in [0, 0.1) is 13.8 Å². The molecule has 0 saturated carbocycles. The number of nitrogens with one attached hydrogen (secondary N) is 1. The summed E-state index contributed by atoms with van der Waals surface area (Å²) in [6.07, 6.45) is -0.660. The highest BCUT2D eigenvalue weighted by atomic mass is 16.5. The molecule has 0 bridgehead atoms. The molecule has 0 fully saturated rings. The molecule has 110 valence electrons. The third kappa shape index (κ3) is 3.99. The fourth-order valence-corrected chi connectivity index (χ4v) is 1.93. The number of benzene rings is 2. The van der Waals surface area contributed by atoms with Gasteiger partial charge in [-0.3, -0.25) is 4.79 Å². The molecular formula is C17H19NO3. The number of ether oxygens (including phenoxy) is 1. The normalized spacial score (nSPS) is 11.8. The Morgan fingerprint density at radius 2 is 1.86 bits per heavy atom. The number of carbonyl (C=O) groups is 1. The maximum absolute atomic E-state index is 12.1. The van der Waals surface area contributed by atoms with E-state index in [1.54, 1.807) is 25.1 Å². The molecule has 1 amide bonds. The van der Waals surface area contributed by atoms with Crippen molar-refractivity contribution < 1.29 is 14.6 Å². The van der Waals surface area contributed by atoms with Gasteiger partial charge in [-0.2, -0.15) is 0 Å². The number of phenolic OH excluding ortho intramolecular Hbond substituents is 1. The second-order valence-corrected chi connectivity index (χ2v) is 5.09. The van der Waals surface area contributed by atoms with Crippen molar-refractivity contribution in [2.24, 2.45) is 0 Å². The lowest BCUT2D eigenvalue weighted by atomic mass is 10.2. The maximum atomic E-state index is 12.1. The van der Waals surface area contributed by atoms with Crippen LogP contribution < -0.4 is 10.1 Å². The van der Waals surface area contributed by atoms with Gasteiger partial charge in [0, 0.05) is 0 Å². The Morgan fingerprint density at radius 1 is 1.14 bits per heavy atom. The Hall–Kier alpha value is -2.49. The number of carbonyl (C=O) groups excluding carboxylic acids is 1. The van der Waals surface area contributed by atoms with Gasteiger partial charge >= 0.3 is 0 Å². The third-order valence-electron chi connectivity index (χ3n) is 3.08. The van der Waals surface area contributed by atoms with Crippen LogP contribution in [-0.2, 0) is 4.79 Å². The van der Waals surface area contributed by atoms with Crippen molar-refractivity contribution in [3.05, 3.63) is 53.6 Å². The number of aryl methyl sites for hydroxylation is 2. The zero-order chi connectivity index (χ0) is 15.4. The van der Waals surface area contributed by atoms with E-state index in [-0.39, 0.29) is 11.7 Å². The Balaban J connectivity index is 2.02. The minimum Gasteiger partial charge on any atom is -0.506 e. The lowest BCUT2D eigenvalue weighted by Gasteiger charge is -2.15. The highest BCUT2D eigenvalue weighted by molar-refractivity contribution is 5.95. The van der Waals surface area contributed by atoms with Crippen LogP contribution in [0.5, 0.6) is 11.5 Å². The van der Waals surface area contributed by atoms with Crippen molar-refractivity contribution in [3.63, 3.8) is 0 Å². The van der Waals surface area contributed by atoms with Crippen molar-refractivity contribution >= 4 is 11.6 Å². The van der Waals surface area contributed by atoms with Crippen molar-refractivity contribution in [1.82, 2.24) is 0 Å². The van der Waals surface area contributed by atoms with E-state index in [2.05, 4.69) is 5.32 Å². The van der Waals surface area contributed by atoms with Crippen molar-refractivity contribution in [2.45, 2.75) is 26.9 Å². The molecular weight excluding hydrogens is 266 g/mol. The topological polar surface area (TPSA) is 58.6 Å². The number of amides is 1. The number of hydrogen-bond donors (Lipinski definition) is 2. The van der Waals surface area contributed by atoms with E-state index >= 15 is 0 Å². The van der Waals surface area contributed by atoms with Crippen LogP contribution in [0.2, 0.25) is 0 Å². The molecule has 2 rings (SSSR count). The molecule has 2 aromatic carbocycles. The van der Waals surface area contributed by atoms with Gasteiger partial charge in [-0.1, -0.05) is 18.2 Å². The van der Waals surface area contributed by atoms with Crippen LogP contribution in [-0.4, -0.2) is 17.1 Å². The predicted octanol–water partition coefficient (Wildman–Crippen LogP) is 3.42. The van der Waals surface area contributed by atoms with Crippen LogP contribution in [0.15, 0.2) is 42.5 Å². The lowest BCUT2D eigenvalue weighted by molar-refractivity contribution is -0.122. The first-order chi connectivity index (χ1) is 9.95. The molecule has 4 nitrogen and oxygen atoms in total. The van der Waals surface area contributed by atoms with Crippen molar-refractivity contribution in [1.29, 1.82) is 0 Å². The fourth-order valence-electron chi connectivity index (χ4n) is 1.93. The van der Waals surface area contributed by atoms with Gasteiger partial charge in [0.15, 0.2) is 6.10 Å². The molecule has 0 spiro atoms. The van der Waals surface area contributed by atoms with E-state index in [1.807, 2.05) is 38.1 Å². The summed E-state index contributed by atoms with van der Waals surface area (Å²) >= 11 is 0. The first kappa shape index (κ1) is 14.9. The number of phenols is 1. The summed E-state index contributed by atoms with van der Waals surface area (Å²) in [5.41, 5.74) is 2.37. The van der Waals surface area contributed by atoms with Crippen LogP contribution in [0.1, 0.15) is 18.1 Å². The molecule has 0 radical (unpaired) electrons. The van der Waals surface area contributed by atoms with Crippen molar-refractivity contribution in [3.8, 4) is 11.5 Å². The minimum atomic E-state index is -0.660. The molecule has 4 heteroatoms. The quantitative estimate of drug-likeness (QED) is 0.846. The number of hydrogen-bond acceptors (Lipinski definition) is 3. The van der Waals surface area contributed by atoms with Crippen molar-refractivity contribution in [2.75, 3.05) is 5.32 Å². The molecule has 0 unspecified atom stereocenters. The van der Waals surface area contributed by atoms with Gasteiger partial charge in [0.2, 0.25) is 0 Å². The van der Waals surface area contributed by atoms with Gasteiger partial charge in [-0.25, -0.2) is 0 Å². The van der Waals surface area contributed by atoms with Gasteiger partial charge < -0.3 is 15.2 Å². The van der Waals surface area contributed by atoms with Gasteiger partial charge in [0.05, 0.1) is 5.69 Å². The second kappa shape index (κ2) is 6.31. The van der Waals surface area contributed by atoms with Crippen LogP contribution >= 0.6 is 0 Å². The van der Waals surface area contributed by atoms with Crippen LogP contribution in [0.3, 0.4) is 0 Å². The Labute approximate surface area is 124 Å². The standard InChI is InChI=1S/C17H19NO3/c1-11-5-4-6-14(9-11)21-13(3)17(20)18-15-8-7-12(2)10-16(15)19/h4-10,13,19H,1-3H3,(H,18,20)/t13-/m1/s1. The van der Waals surface area contributed by atoms with Gasteiger partial charge in [-0.15, -0.1) is 0 Å². The third-order valence-corrected chi connectivity index (χ3v) is 3.08. The van der Waals surface area contributed by atoms with E-state index in [0.717, 1.165) is 11.1 Å². The van der Waals surface area contributed by atoms with Gasteiger partial charge in [0.1, 0.15) is 11.5 Å². The summed E-state index contributed by atoms with van der Waals surface area (Å²) in [5.74, 6) is 0.382. The van der Waals surface area contributed by atoms with E-state index in [0.29, 0.717) is 11.4 Å². The van der Waals surface area contributed by atoms with E-state index in [9.17, 15) is 9.90 Å². The van der Waals surface area contributed by atoms with Crippen LogP contribution in [0.4, 0.5) is 5.69 Å². The Bertz CT molecular complexity index is 652. The number of rotatable bonds is 4. The fraction of sp³-hybridized carbons (Fsp3) is 0.235. The number of aromatic hydroxyl groups is 1. The van der Waals surface area contributed by atoms with E-state index in [1.165, 1.54) is 0 Å². The van der Waals surface area contributed by atoms with Gasteiger partial charge in [0.25, 0.3) is 5.91 Å². The molecule has 0 aromatic heterocycles. The molecule has 0 aliphatic heterocycles. The summed E-state index contributed by atoms with van der Waals surface area (Å²) in [6, 6.07) is 12.6. The lowest BCUT2D eigenvalue weighted by Crippen LogP contribution is -2.30.